The third kappa shape index (κ3) is 8.73. The number of carbonyl (C=O) groups is 2. The quantitative estimate of drug-likeness (QED) is 0.523. The summed E-state index contributed by atoms with van der Waals surface area (Å²) in [5, 5.41) is 16.7. The summed E-state index contributed by atoms with van der Waals surface area (Å²) in [6, 6.07) is -0.359. The Hall–Kier alpha value is -1.36. The van der Waals surface area contributed by atoms with Crippen LogP contribution in [0.2, 0.25) is 0 Å². The van der Waals surface area contributed by atoms with E-state index in [0.29, 0.717) is 12.8 Å². The first kappa shape index (κ1) is 12.6. The Bertz CT molecular complexity index is 225. The average Bonchev–Trinajstić information content (AvgIpc) is 2.01. The molecule has 14 heavy (non-hydrogen) atoms. The van der Waals surface area contributed by atoms with Gasteiger partial charge in [0.2, 0.25) is 0 Å². The molecular formula is C9H15NO4. The Balaban J connectivity index is 3.48. The lowest BCUT2D eigenvalue weighted by atomic mass is 10.1. The van der Waals surface area contributed by atoms with E-state index in [1.54, 1.807) is 6.08 Å². The van der Waals surface area contributed by atoms with Gasteiger partial charge in [-0.05, 0) is 12.8 Å². The van der Waals surface area contributed by atoms with Crippen molar-refractivity contribution in [1.82, 2.24) is 0 Å². The molecule has 0 aromatic rings. The summed E-state index contributed by atoms with van der Waals surface area (Å²) in [6.07, 6.45) is 4.36. The third-order valence-electron chi connectivity index (χ3n) is 1.60. The number of aliphatic carboxylic acids is 2. The van der Waals surface area contributed by atoms with Gasteiger partial charge in [0.25, 0.3) is 0 Å². The van der Waals surface area contributed by atoms with Crippen molar-refractivity contribution in [2.75, 3.05) is 0 Å². The smallest absolute Gasteiger partial charge is 0.307 e. The number of carboxylic acids is 2. The molecule has 0 aromatic carbocycles. The van der Waals surface area contributed by atoms with E-state index in [1.807, 2.05) is 0 Å². The third-order valence-corrected chi connectivity index (χ3v) is 1.60. The first-order valence-electron chi connectivity index (χ1n) is 4.36. The fourth-order valence-corrected chi connectivity index (χ4v) is 0.939. The van der Waals surface area contributed by atoms with Gasteiger partial charge < -0.3 is 15.9 Å². The predicted octanol–water partition coefficient (Wildman–Crippen LogP) is 0.599. The zero-order valence-corrected chi connectivity index (χ0v) is 7.85. The molecule has 1 unspecified atom stereocenters. The highest BCUT2D eigenvalue weighted by molar-refractivity contribution is 5.68. The Morgan fingerprint density at radius 2 is 1.86 bits per heavy atom. The van der Waals surface area contributed by atoms with Crippen molar-refractivity contribution in [3.8, 4) is 0 Å². The maximum absolute atomic E-state index is 10.2. The van der Waals surface area contributed by atoms with Crippen molar-refractivity contribution in [1.29, 1.82) is 0 Å². The van der Waals surface area contributed by atoms with Crippen LogP contribution < -0.4 is 5.73 Å². The molecule has 0 aliphatic heterocycles. The van der Waals surface area contributed by atoms with Crippen molar-refractivity contribution >= 4 is 11.9 Å². The van der Waals surface area contributed by atoms with E-state index >= 15 is 0 Å². The Morgan fingerprint density at radius 1 is 1.21 bits per heavy atom. The molecule has 0 aliphatic carbocycles. The van der Waals surface area contributed by atoms with Crippen LogP contribution in [-0.4, -0.2) is 28.2 Å². The summed E-state index contributed by atoms with van der Waals surface area (Å²) >= 11 is 0. The van der Waals surface area contributed by atoms with E-state index < -0.39 is 11.9 Å². The number of rotatable bonds is 7. The fourth-order valence-electron chi connectivity index (χ4n) is 0.939. The standard InChI is InChI=1S/C9H15NO4/c10-7(6-9(13)14)4-2-1-3-5-8(11)12/h1,3,7H,2,4-6,10H2,(H,11,12)(H,13,14). The second-order valence-electron chi connectivity index (χ2n) is 3.00. The Labute approximate surface area is 82.2 Å². The predicted molar refractivity (Wildman–Crippen MR) is 50.9 cm³/mol. The summed E-state index contributed by atoms with van der Waals surface area (Å²) in [6.45, 7) is 0. The highest BCUT2D eigenvalue weighted by atomic mass is 16.4. The van der Waals surface area contributed by atoms with Gasteiger partial charge in [0.15, 0.2) is 0 Å². The normalized spacial score (nSPS) is 12.9. The lowest BCUT2D eigenvalue weighted by molar-refractivity contribution is -0.137. The minimum absolute atomic E-state index is 0.00579. The molecule has 0 aromatic heterocycles. The van der Waals surface area contributed by atoms with E-state index in [9.17, 15) is 9.59 Å². The van der Waals surface area contributed by atoms with E-state index in [-0.39, 0.29) is 18.9 Å². The van der Waals surface area contributed by atoms with E-state index in [1.165, 1.54) is 6.08 Å². The first-order chi connectivity index (χ1) is 6.52. The van der Waals surface area contributed by atoms with Crippen LogP contribution in [0.1, 0.15) is 25.7 Å². The van der Waals surface area contributed by atoms with Gasteiger partial charge >= 0.3 is 11.9 Å². The van der Waals surface area contributed by atoms with Crippen LogP contribution in [0.5, 0.6) is 0 Å². The zero-order valence-electron chi connectivity index (χ0n) is 7.85. The van der Waals surface area contributed by atoms with Crippen molar-refractivity contribution in [3.05, 3.63) is 12.2 Å². The van der Waals surface area contributed by atoms with Crippen LogP contribution in [0.25, 0.3) is 0 Å². The first-order valence-corrected chi connectivity index (χ1v) is 4.36. The van der Waals surface area contributed by atoms with Crippen molar-refractivity contribution in [3.63, 3.8) is 0 Å². The van der Waals surface area contributed by atoms with Crippen LogP contribution >= 0.6 is 0 Å². The summed E-state index contributed by atoms with van der Waals surface area (Å²) in [5.74, 6) is -1.79. The van der Waals surface area contributed by atoms with Crippen molar-refractivity contribution in [2.45, 2.75) is 31.7 Å². The molecule has 0 radical (unpaired) electrons. The zero-order chi connectivity index (χ0) is 11.0. The van der Waals surface area contributed by atoms with Gasteiger partial charge in [0, 0.05) is 6.04 Å². The number of hydrogen-bond donors (Lipinski definition) is 3. The Morgan fingerprint density at radius 3 is 2.36 bits per heavy atom. The maximum atomic E-state index is 10.2. The second-order valence-corrected chi connectivity index (χ2v) is 3.00. The van der Waals surface area contributed by atoms with Gasteiger partial charge in [-0.25, -0.2) is 0 Å². The molecule has 0 heterocycles. The average molecular weight is 201 g/mol. The van der Waals surface area contributed by atoms with Crippen molar-refractivity contribution in [2.24, 2.45) is 5.73 Å². The minimum Gasteiger partial charge on any atom is -0.481 e. The van der Waals surface area contributed by atoms with Crippen LogP contribution in [-0.2, 0) is 9.59 Å². The molecule has 0 rings (SSSR count). The summed E-state index contributed by atoms with van der Waals surface area (Å²) in [5.41, 5.74) is 5.49. The van der Waals surface area contributed by atoms with Crippen LogP contribution in [0.3, 0.4) is 0 Å². The summed E-state index contributed by atoms with van der Waals surface area (Å²) in [4.78, 5) is 20.3. The fraction of sp³-hybridized carbons (Fsp3) is 0.556. The lowest BCUT2D eigenvalue weighted by Crippen LogP contribution is -2.23. The lowest BCUT2D eigenvalue weighted by Gasteiger charge is -2.05. The van der Waals surface area contributed by atoms with Crippen LogP contribution in [0.4, 0.5) is 0 Å². The molecular weight excluding hydrogens is 186 g/mol. The maximum Gasteiger partial charge on any atom is 0.307 e. The largest absolute Gasteiger partial charge is 0.481 e. The monoisotopic (exact) mass is 201 g/mol. The topological polar surface area (TPSA) is 101 Å². The highest BCUT2D eigenvalue weighted by Gasteiger charge is 2.05. The molecule has 4 N–H and O–H groups in total. The molecule has 80 valence electrons. The second kappa shape index (κ2) is 7.08. The number of carboxylic acid groups (broad SMARTS) is 2. The molecule has 5 heteroatoms. The van der Waals surface area contributed by atoms with Gasteiger partial charge in [-0.15, -0.1) is 0 Å². The van der Waals surface area contributed by atoms with Gasteiger partial charge in [0.1, 0.15) is 0 Å². The van der Waals surface area contributed by atoms with Crippen LogP contribution in [0, 0.1) is 0 Å². The molecule has 5 nitrogen and oxygen atoms in total. The highest BCUT2D eigenvalue weighted by Crippen LogP contribution is 2.00. The van der Waals surface area contributed by atoms with Gasteiger partial charge in [-0.1, -0.05) is 12.2 Å². The molecule has 0 amide bonds. The number of allylic oxidation sites excluding steroid dienone is 1. The van der Waals surface area contributed by atoms with E-state index in [2.05, 4.69) is 0 Å². The molecule has 0 saturated carbocycles. The summed E-state index contributed by atoms with van der Waals surface area (Å²) in [7, 11) is 0. The molecule has 0 fully saturated rings. The van der Waals surface area contributed by atoms with Gasteiger partial charge in [0.05, 0.1) is 12.8 Å². The van der Waals surface area contributed by atoms with Gasteiger partial charge in [-0.2, -0.15) is 0 Å². The molecule has 0 aliphatic rings. The molecule has 1 atom stereocenters. The Kier molecular flexibility index (Phi) is 6.39. The minimum atomic E-state index is -0.910. The van der Waals surface area contributed by atoms with Crippen molar-refractivity contribution < 1.29 is 19.8 Å². The number of nitrogens with two attached hydrogens (primary N) is 1. The molecule has 0 saturated heterocycles. The number of hydrogen-bond acceptors (Lipinski definition) is 3. The SMILES string of the molecule is NC(CCC=CCC(=O)O)CC(=O)O. The molecule has 0 bridgehead atoms. The van der Waals surface area contributed by atoms with Crippen LogP contribution in [0.15, 0.2) is 12.2 Å². The summed E-state index contributed by atoms with van der Waals surface area (Å²) < 4.78 is 0. The molecule has 0 spiro atoms. The van der Waals surface area contributed by atoms with E-state index in [4.69, 9.17) is 15.9 Å². The van der Waals surface area contributed by atoms with E-state index in [0.717, 1.165) is 0 Å². The van der Waals surface area contributed by atoms with Gasteiger partial charge in [-0.3, -0.25) is 9.59 Å².